The number of aryl methyl sites for hydroxylation is 2. The number of rotatable bonds is 4. The molecule has 0 saturated carbocycles. The lowest BCUT2D eigenvalue weighted by Gasteiger charge is -2.51. The van der Waals surface area contributed by atoms with Gasteiger partial charge in [-0.05, 0) is 38.6 Å². The lowest BCUT2D eigenvalue weighted by atomic mass is 9.70. The number of aromatic nitrogens is 2. The van der Waals surface area contributed by atoms with Gasteiger partial charge in [-0.25, -0.2) is 9.97 Å². The molecule has 1 unspecified atom stereocenters. The fourth-order valence-electron chi connectivity index (χ4n) is 4.72. The van der Waals surface area contributed by atoms with Crippen LogP contribution in [0.25, 0.3) is 0 Å². The van der Waals surface area contributed by atoms with E-state index in [0.29, 0.717) is 12.3 Å². The van der Waals surface area contributed by atoms with Crippen LogP contribution in [0, 0.1) is 19.3 Å². The second kappa shape index (κ2) is 7.12. The van der Waals surface area contributed by atoms with E-state index in [9.17, 15) is 4.79 Å². The van der Waals surface area contributed by atoms with Crippen molar-refractivity contribution in [1.29, 1.82) is 0 Å². The zero-order valence-electron chi connectivity index (χ0n) is 17.4. The van der Waals surface area contributed by atoms with Crippen molar-refractivity contribution in [2.24, 2.45) is 5.41 Å². The summed E-state index contributed by atoms with van der Waals surface area (Å²) in [5.74, 6) is 1.34. The predicted molar refractivity (Wildman–Crippen MR) is 113 cm³/mol. The highest BCUT2D eigenvalue weighted by Crippen LogP contribution is 2.48. The first-order valence-corrected chi connectivity index (χ1v) is 10.6. The molecule has 7 heteroatoms. The SMILES string of the molecule is Cc1cc(C)c(CC(=O)N2CC3(CN(C)CC3c3ccnc(N(C)C)n3)C2)s1. The number of carbonyl (C=O) groups is 1. The van der Waals surface area contributed by atoms with E-state index in [-0.39, 0.29) is 11.3 Å². The quantitative estimate of drug-likeness (QED) is 0.790. The molecule has 4 heterocycles. The average molecular weight is 400 g/mol. The van der Waals surface area contributed by atoms with Gasteiger partial charge in [0.2, 0.25) is 11.9 Å². The second-order valence-corrected chi connectivity index (χ2v) is 10.0. The summed E-state index contributed by atoms with van der Waals surface area (Å²) in [4.78, 5) is 30.8. The van der Waals surface area contributed by atoms with Gasteiger partial charge in [0.1, 0.15) is 0 Å². The Bertz CT molecular complexity index is 887. The van der Waals surface area contributed by atoms with Crippen LogP contribution in [-0.2, 0) is 11.2 Å². The Balaban J connectivity index is 1.48. The number of hydrogen-bond donors (Lipinski definition) is 0. The maximum Gasteiger partial charge on any atom is 0.227 e. The molecular formula is C21H29N5OS. The first-order valence-electron chi connectivity index (χ1n) is 9.80. The van der Waals surface area contributed by atoms with Gasteiger partial charge in [0.15, 0.2) is 0 Å². The predicted octanol–water partition coefficient (Wildman–Crippen LogP) is 2.32. The molecule has 0 bridgehead atoms. The average Bonchev–Trinajstić information content (AvgIpc) is 3.12. The number of carbonyl (C=O) groups excluding carboxylic acids is 1. The van der Waals surface area contributed by atoms with Gasteiger partial charge in [0.25, 0.3) is 0 Å². The summed E-state index contributed by atoms with van der Waals surface area (Å²) in [6.45, 7) is 7.85. The van der Waals surface area contributed by atoms with E-state index >= 15 is 0 Å². The van der Waals surface area contributed by atoms with E-state index < -0.39 is 0 Å². The van der Waals surface area contributed by atoms with E-state index in [4.69, 9.17) is 4.98 Å². The third-order valence-corrected chi connectivity index (χ3v) is 7.21. The van der Waals surface area contributed by atoms with Gasteiger partial charge in [-0.15, -0.1) is 11.3 Å². The highest BCUT2D eigenvalue weighted by molar-refractivity contribution is 7.12. The van der Waals surface area contributed by atoms with Gasteiger partial charge in [-0.3, -0.25) is 4.79 Å². The van der Waals surface area contributed by atoms with Crippen LogP contribution in [0.1, 0.15) is 26.9 Å². The highest BCUT2D eigenvalue weighted by Gasteiger charge is 2.55. The lowest BCUT2D eigenvalue weighted by molar-refractivity contribution is -0.142. The molecule has 28 heavy (non-hydrogen) atoms. The fourth-order valence-corrected chi connectivity index (χ4v) is 5.76. The monoisotopic (exact) mass is 399 g/mol. The van der Waals surface area contributed by atoms with Crippen LogP contribution in [-0.4, -0.2) is 73.0 Å². The largest absolute Gasteiger partial charge is 0.347 e. The summed E-state index contributed by atoms with van der Waals surface area (Å²) in [7, 11) is 6.10. The van der Waals surface area contributed by atoms with Gasteiger partial charge < -0.3 is 14.7 Å². The minimum absolute atomic E-state index is 0.114. The molecule has 1 spiro atoms. The zero-order valence-corrected chi connectivity index (χ0v) is 18.2. The highest BCUT2D eigenvalue weighted by atomic mass is 32.1. The van der Waals surface area contributed by atoms with Crippen molar-refractivity contribution in [1.82, 2.24) is 19.8 Å². The van der Waals surface area contributed by atoms with Crippen molar-refractivity contribution in [3.63, 3.8) is 0 Å². The maximum atomic E-state index is 12.9. The van der Waals surface area contributed by atoms with Gasteiger partial charge in [-0.2, -0.15) is 0 Å². The molecule has 2 aromatic heterocycles. The van der Waals surface area contributed by atoms with Crippen LogP contribution in [0.5, 0.6) is 0 Å². The van der Waals surface area contributed by atoms with Crippen LogP contribution < -0.4 is 4.90 Å². The van der Waals surface area contributed by atoms with E-state index in [1.54, 1.807) is 11.3 Å². The minimum Gasteiger partial charge on any atom is -0.347 e. The molecule has 0 aliphatic carbocycles. The molecule has 1 atom stereocenters. The smallest absolute Gasteiger partial charge is 0.227 e. The standard InChI is InChI=1S/C21H29N5OS/c1-14-8-15(2)28-18(14)9-19(27)26-12-21(13-26)11-25(5)10-16(21)17-6-7-22-20(23-17)24(3)4/h6-8,16H,9-13H2,1-5H3. The van der Waals surface area contributed by atoms with Crippen molar-refractivity contribution in [3.8, 4) is 0 Å². The van der Waals surface area contributed by atoms with E-state index in [1.807, 2.05) is 36.2 Å². The molecule has 0 radical (unpaired) electrons. The molecule has 6 nitrogen and oxygen atoms in total. The Labute approximate surface area is 171 Å². The number of hydrogen-bond acceptors (Lipinski definition) is 6. The molecule has 1 amide bonds. The van der Waals surface area contributed by atoms with E-state index in [2.05, 4.69) is 36.8 Å². The van der Waals surface area contributed by atoms with Crippen molar-refractivity contribution < 1.29 is 4.79 Å². The molecule has 150 valence electrons. The Morgan fingerprint density at radius 1 is 1.32 bits per heavy atom. The number of anilines is 1. The third kappa shape index (κ3) is 3.42. The van der Waals surface area contributed by atoms with E-state index in [0.717, 1.165) is 37.8 Å². The summed E-state index contributed by atoms with van der Waals surface area (Å²) in [6.07, 6.45) is 2.38. The third-order valence-electron chi connectivity index (χ3n) is 6.06. The molecule has 0 N–H and O–H groups in total. The number of amides is 1. The summed E-state index contributed by atoms with van der Waals surface area (Å²) < 4.78 is 0. The first-order chi connectivity index (χ1) is 13.3. The van der Waals surface area contributed by atoms with Crippen LogP contribution in [0.2, 0.25) is 0 Å². The summed E-state index contributed by atoms with van der Waals surface area (Å²) in [5.41, 5.74) is 2.45. The molecule has 2 saturated heterocycles. The van der Waals surface area contributed by atoms with Crippen molar-refractivity contribution in [3.05, 3.63) is 39.3 Å². The summed E-state index contributed by atoms with van der Waals surface area (Å²) in [5, 5.41) is 0. The topological polar surface area (TPSA) is 52.6 Å². The maximum absolute atomic E-state index is 12.9. The molecule has 2 fully saturated rings. The Morgan fingerprint density at radius 3 is 2.71 bits per heavy atom. The minimum atomic E-state index is 0.114. The lowest BCUT2D eigenvalue weighted by Crippen LogP contribution is -2.61. The first kappa shape index (κ1) is 19.3. The van der Waals surface area contributed by atoms with Crippen LogP contribution >= 0.6 is 11.3 Å². The van der Waals surface area contributed by atoms with Gasteiger partial charge in [0.05, 0.1) is 12.1 Å². The molecular weight excluding hydrogens is 370 g/mol. The molecule has 2 aliphatic heterocycles. The zero-order chi connectivity index (χ0) is 20.1. The fraction of sp³-hybridized carbons (Fsp3) is 0.571. The normalized spacial score (nSPS) is 21.2. The van der Waals surface area contributed by atoms with Crippen molar-refractivity contribution in [2.45, 2.75) is 26.2 Å². The molecule has 2 aromatic rings. The van der Waals surface area contributed by atoms with Crippen molar-refractivity contribution >= 4 is 23.2 Å². The van der Waals surface area contributed by atoms with Gasteiger partial charge in [-0.1, -0.05) is 0 Å². The molecule has 0 aromatic carbocycles. The number of nitrogens with zero attached hydrogens (tertiary/aromatic N) is 5. The van der Waals surface area contributed by atoms with E-state index in [1.165, 1.54) is 15.3 Å². The Kier molecular flexibility index (Phi) is 4.91. The molecule has 4 rings (SSSR count). The van der Waals surface area contributed by atoms with Gasteiger partial charge >= 0.3 is 0 Å². The number of thiophene rings is 1. The van der Waals surface area contributed by atoms with Crippen LogP contribution in [0.15, 0.2) is 18.3 Å². The Morgan fingerprint density at radius 2 is 2.07 bits per heavy atom. The van der Waals surface area contributed by atoms with Crippen LogP contribution in [0.4, 0.5) is 5.95 Å². The van der Waals surface area contributed by atoms with Crippen molar-refractivity contribution in [2.75, 3.05) is 52.2 Å². The summed E-state index contributed by atoms with van der Waals surface area (Å²) >= 11 is 1.74. The van der Waals surface area contributed by atoms with Gasteiger partial charge in [0, 0.05) is 67.6 Å². The van der Waals surface area contributed by atoms with Crippen LogP contribution in [0.3, 0.4) is 0 Å². The number of likely N-dealkylation sites (tertiary alicyclic amines) is 2. The summed E-state index contributed by atoms with van der Waals surface area (Å²) in [6, 6.07) is 4.21. The second-order valence-electron chi connectivity index (χ2n) is 8.68. The molecule has 2 aliphatic rings. The number of likely N-dealkylation sites (N-methyl/N-ethyl adjacent to an activating group) is 1. The Hall–Kier alpha value is -1.99.